The highest BCUT2D eigenvalue weighted by Gasteiger charge is 2.14. The highest BCUT2D eigenvalue weighted by molar-refractivity contribution is 5.93. The topological polar surface area (TPSA) is 79.1 Å². The normalized spacial score (nSPS) is 16.9. The van der Waals surface area contributed by atoms with E-state index >= 15 is 0 Å². The van der Waals surface area contributed by atoms with Gasteiger partial charge in [0.25, 0.3) is 5.91 Å². The Labute approximate surface area is 178 Å². The molecule has 1 aromatic carbocycles. The Balaban J connectivity index is 1.57. The molecule has 1 amide bonds. The molecule has 0 aliphatic carbocycles. The largest absolute Gasteiger partial charge is 0.469 e. The van der Waals surface area contributed by atoms with Crippen molar-refractivity contribution in [3.63, 3.8) is 0 Å². The van der Waals surface area contributed by atoms with Crippen LogP contribution < -0.4 is 10.6 Å². The van der Waals surface area contributed by atoms with Gasteiger partial charge in [-0.3, -0.25) is 4.79 Å². The van der Waals surface area contributed by atoms with Crippen LogP contribution in [-0.2, 0) is 17.7 Å². The van der Waals surface area contributed by atoms with Crippen LogP contribution in [0.25, 0.3) is 0 Å². The predicted octanol–water partition coefficient (Wildman–Crippen LogP) is 2.83. The second kappa shape index (κ2) is 11.4. The lowest BCUT2D eigenvalue weighted by molar-refractivity contribution is 0.0194. The maximum atomic E-state index is 12.0. The Hall–Kier alpha value is -2.80. The number of hydrogen-bond donors (Lipinski definition) is 2. The number of ether oxygens (including phenoxy) is 1. The van der Waals surface area contributed by atoms with E-state index < -0.39 is 0 Å². The van der Waals surface area contributed by atoms with Gasteiger partial charge in [-0.2, -0.15) is 0 Å². The number of carbonyl (C=O) groups is 1. The minimum absolute atomic E-state index is 0.000480. The van der Waals surface area contributed by atoms with Crippen molar-refractivity contribution in [2.75, 3.05) is 33.8 Å². The number of aliphatic imine (C=N–C) groups is 1. The minimum atomic E-state index is -0.000480. The second-order valence-corrected chi connectivity index (χ2v) is 7.69. The first kappa shape index (κ1) is 21.9. The summed E-state index contributed by atoms with van der Waals surface area (Å²) in [5, 5.41) is 6.78. The molecule has 1 unspecified atom stereocenters. The zero-order valence-corrected chi connectivity index (χ0v) is 17.9. The standard InChI is InChI=1S/C23H32N4O3/c1-27(2)22(28)19-10-8-18(9-11-19)16-25-23(24-13-12-20-7-5-15-29-20)26-17-21-6-3-4-14-30-21/h5,7-11,15,21H,3-4,6,12-14,16-17H2,1-2H3,(H2,24,25,26). The third kappa shape index (κ3) is 6.91. The van der Waals surface area contributed by atoms with Gasteiger partial charge in [-0.05, 0) is 49.1 Å². The van der Waals surface area contributed by atoms with Gasteiger partial charge >= 0.3 is 0 Å². The Morgan fingerprint density at radius 2 is 2.00 bits per heavy atom. The minimum Gasteiger partial charge on any atom is -0.469 e. The van der Waals surface area contributed by atoms with E-state index in [1.807, 2.05) is 36.4 Å². The van der Waals surface area contributed by atoms with Crippen molar-refractivity contribution in [1.82, 2.24) is 15.5 Å². The molecule has 1 saturated heterocycles. The van der Waals surface area contributed by atoms with Gasteiger partial charge in [0.1, 0.15) is 5.76 Å². The van der Waals surface area contributed by atoms with Gasteiger partial charge < -0.3 is 24.7 Å². The maximum Gasteiger partial charge on any atom is 0.253 e. The average Bonchev–Trinajstić information content (AvgIpc) is 3.29. The summed E-state index contributed by atoms with van der Waals surface area (Å²) in [4.78, 5) is 18.3. The number of rotatable bonds is 8. The molecule has 1 fully saturated rings. The van der Waals surface area contributed by atoms with Gasteiger partial charge in [-0.15, -0.1) is 0 Å². The summed E-state index contributed by atoms with van der Waals surface area (Å²) in [7, 11) is 3.51. The fraction of sp³-hybridized carbons (Fsp3) is 0.478. The summed E-state index contributed by atoms with van der Waals surface area (Å²) in [5.74, 6) is 1.70. The third-order valence-corrected chi connectivity index (χ3v) is 5.04. The molecule has 162 valence electrons. The summed E-state index contributed by atoms with van der Waals surface area (Å²) in [6, 6.07) is 11.5. The first-order chi connectivity index (χ1) is 14.6. The second-order valence-electron chi connectivity index (χ2n) is 7.69. The van der Waals surface area contributed by atoms with E-state index in [1.165, 1.54) is 6.42 Å². The number of hydrogen-bond acceptors (Lipinski definition) is 4. The molecule has 0 saturated carbocycles. The van der Waals surface area contributed by atoms with Crippen LogP contribution in [0.15, 0.2) is 52.1 Å². The van der Waals surface area contributed by atoms with Gasteiger partial charge in [0.15, 0.2) is 5.96 Å². The SMILES string of the molecule is CN(C)C(=O)c1ccc(CN=C(NCCc2ccco2)NCC2CCCCO2)cc1. The lowest BCUT2D eigenvalue weighted by Gasteiger charge is -2.23. The lowest BCUT2D eigenvalue weighted by atomic mass is 10.1. The Morgan fingerprint density at radius 1 is 1.17 bits per heavy atom. The van der Waals surface area contributed by atoms with Gasteiger partial charge in [0.2, 0.25) is 0 Å². The zero-order chi connectivity index (χ0) is 21.2. The molecule has 30 heavy (non-hydrogen) atoms. The van der Waals surface area contributed by atoms with Crippen LogP contribution in [0.2, 0.25) is 0 Å². The van der Waals surface area contributed by atoms with Crippen molar-refractivity contribution in [3.8, 4) is 0 Å². The average molecular weight is 413 g/mol. The smallest absolute Gasteiger partial charge is 0.253 e. The molecule has 0 radical (unpaired) electrons. The van der Waals surface area contributed by atoms with E-state index in [2.05, 4.69) is 10.6 Å². The number of amides is 1. The predicted molar refractivity (Wildman–Crippen MR) is 118 cm³/mol. The van der Waals surface area contributed by atoms with Crippen LogP contribution in [0.5, 0.6) is 0 Å². The highest BCUT2D eigenvalue weighted by Crippen LogP contribution is 2.12. The first-order valence-electron chi connectivity index (χ1n) is 10.6. The van der Waals surface area contributed by atoms with Crippen LogP contribution >= 0.6 is 0 Å². The molecule has 7 heteroatoms. The molecule has 0 spiro atoms. The van der Waals surface area contributed by atoms with Crippen molar-refractivity contribution >= 4 is 11.9 Å². The summed E-state index contributed by atoms with van der Waals surface area (Å²) < 4.78 is 11.2. The Bertz CT molecular complexity index is 794. The van der Waals surface area contributed by atoms with E-state index in [0.29, 0.717) is 12.1 Å². The lowest BCUT2D eigenvalue weighted by Crippen LogP contribution is -2.43. The van der Waals surface area contributed by atoms with Crippen LogP contribution in [0.3, 0.4) is 0 Å². The third-order valence-electron chi connectivity index (χ3n) is 5.04. The van der Waals surface area contributed by atoms with Crippen LogP contribution in [0.1, 0.15) is 40.9 Å². The number of carbonyl (C=O) groups excluding carboxylic acids is 1. The van der Waals surface area contributed by atoms with E-state index in [1.54, 1.807) is 25.3 Å². The van der Waals surface area contributed by atoms with Gasteiger partial charge in [0.05, 0.1) is 18.9 Å². The van der Waals surface area contributed by atoms with Crippen LogP contribution in [0, 0.1) is 0 Å². The zero-order valence-electron chi connectivity index (χ0n) is 17.9. The fourth-order valence-electron chi connectivity index (χ4n) is 3.29. The van der Waals surface area contributed by atoms with Gasteiger partial charge in [-0.25, -0.2) is 4.99 Å². The summed E-state index contributed by atoms with van der Waals surface area (Å²) in [5.41, 5.74) is 1.73. The summed E-state index contributed by atoms with van der Waals surface area (Å²) in [6.07, 6.45) is 6.14. The van der Waals surface area contributed by atoms with E-state index in [0.717, 1.165) is 56.2 Å². The van der Waals surface area contributed by atoms with Crippen LogP contribution in [0.4, 0.5) is 0 Å². The Morgan fingerprint density at radius 3 is 2.67 bits per heavy atom. The van der Waals surface area contributed by atoms with Gasteiger partial charge in [0, 0.05) is 45.8 Å². The monoisotopic (exact) mass is 412 g/mol. The van der Waals surface area contributed by atoms with Crippen molar-refractivity contribution in [1.29, 1.82) is 0 Å². The molecule has 0 bridgehead atoms. The first-order valence-corrected chi connectivity index (χ1v) is 10.6. The molecular formula is C23H32N4O3. The van der Waals surface area contributed by atoms with E-state index in [-0.39, 0.29) is 12.0 Å². The van der Waals surface area contributed by atoms with Crippen molar-refractivity contribution in [2.24, 2.45) is 4.99 Å². The molecule has 3 rings (SSSR count). The quantitative estimate of drug-likeness (QED) is 0.515. The van der Waals surface area contributed by atoms with Crippen molar-refractivity contribution in [3.05, 3.63) is 59.5 Å². The summed E-state index contributed by atoms with van der Waals surface area (Å²) >= 11 is 0. The Kier molecular flexibility index (Phi) is 8.32. The number of nitrogens with one attached hydrogen (secondary N) is 2. The molecule has 1 aliphatic heterocycles. The maximum absolute atomic E-state index is 12.0. The van der Waals surface area contributed by atoms with E-state index in [9.17, 15) is 4.79 Å². The van der Waals surface area contributed by atoms with E-state index in [4.69, 9.17) is 14.1 Å². The van der Waals surface area contributed by atoms with Gasteiger partial charge in [-0.1, -0.05) is 12.1 Å². The summed E-state index contributed by atoms with van der Waals surface area (Å²) in [6.45, 7) is 2.82. The molecule has 7 nitrogen and oxygen atoms in total. The highest BCUT2D eigenvalue weighted by atomic mass is 16.5. The molecule has 2 heterocycles. The fourth-order valence-corrected chi connectivity index (χ4v) is 3.29. The molecule has 1 aromatic heterocycles. The van der Waals surface area contributed by atoms with Crippen molar-refractivity contribution in [2.45, 2.75) is 38.3 Å². The molecule has 1 atom stereocenters. The van der Waals surface area contributed by atoms with Crippen molar-refractivity contribution < 1.29 is 13.9 Å². The van der Waals surface area contributed by atoms with Crippen LogP contribution in [-0.4, -0.2) is 56.7 Å². The number of nitrogens with zero attached hydrogens (tertiary/aromatic N) is 2. The number of benzene rings is 1. The molecule has 2 aromatic rings. The molecule has 1 aliphatic rings. The number of guanidine groups is 1. The number of furan rings is 1. The molecule has 2 N–H and O–H groups in total. The molecular weight excluding hydrogens is 380 g/mol.